The third-order valence-electron chi connectivity index (χ3n) is 8.03. The number of rotatable bonds is 5. The van der Waals surface area contributed by atoms with Crippen molar-refractivity contribution in [2.24, 2.45) is 11.8 Å². The summed E-state index contributed by atoms with van der Waals surface area (Å²) in [7, 11) is 0. The zero-order valence-electron chi connectivity index (χ0n) is 20.6. The lowest BCUT2D eigenvalue weighted by atomic mass is 10.0. The standard InChI is InChI=1S/C29H25N5O4/c30-13-18-9-17(3-6-24(18)32-7-1-2-8-32)25-12-26(35)22(28(36)37)16-34(25)21-4-5-23-27(11-21)38-29(31-23)33-14-19-10-20(19)15-33/h3-6,9,11-12,16,19-20H,1-2,7-8,10,14-15H2,(H,36,37). The molecule has 1 N–H and O–H groups in total. The van der Waals surface area contributed by atoms with Crippen LogP contribution in [-0.2, 0) is 0 Å². The Bertz CT molecular complexity index is 1700. The molecule has 2 aromatic heterocycles. The average Bonchev–Trinajstić information content (AvgIpc) is 3.35. The number of hydrogen-bond acceptors (Lipinski definition) is 7. The summed E-state index contributed by atoms with van der Waals surface area (Å²) >= 11 is 0. The first-order valence-corrected chi connectivity index (χ1v) is 12.9. The number of carbonyl (C=O) groups is 1. The van der Waals surface area contributed by atoms with Gasteiger partial charge in [-0.25, -0.2) is 4.79 Å². The first-order valence-electron chi connectivity index (χ1n) is 12.9. The number of oxazole rings is 1. The Hall–Kier alpha value is -4.58. The first kappa shape index (κ1) is 22.6. The number of piperidine rings is 1. The molecule has 1 aliphatic carbocycles. The number of carboxylic acids is 1. The lowest BCUT2D eigenvalue weighted by molar-refractivity contribution is 0.0695. The summed E-state index contributed by atoms with van der Waals surface area (Å²) in [5, 5.41) is 19.6. The van der Waals surface area contributed by atoms with Gasteiger partial charge < -0.3 is 23.9 Å². The molecular weight excluding hydrogens is 482 g/mol. The Balaban J connectivity index is 1.34. The molecule has 2 aliphatic heterocycles. The molecule has 38 heavy (non-hydrogen) atoms. The average molecular weight is 508 g/mol. The van der Waals surface area contributed by atoms with Gasteiger partial charge in [-0.15, -0.1) is 0 Å². The lowest BCUT2D eigenvalue weighted by Gasteiger charge is -2.20. The van der Waals surface area contributed by atoms with Gasteiger partial charge in [0, 0.05) is 55.8 Å². The van der Waals surface area contributed by atoms with Crippen LogP contribution >= 0.6 is 0 Å². The molecule has 1 saturated carbocycles. The quantitative estimate of drug-likeness (QED) is 0.426. The molecule has 4 aromatic rings. The van der Waals surface area contributed by atoms with Crippen molar-refractivity contribution in [2.75, 3.05) is 36.0 Å². The van der Waals surface area contributed by atoms with Crippen LogP contribution in [0.15, 0.2) is 57.9 Å². The Kier molecular flexibility index (Phi) is 5.05. The molecule has 4 heterocycles. The topological polar surface area (TPSA) is 116 Å². The zero-order chi connectivity index (χ0) is 26.0. The summed E-state index contributed by atoms with van der Waals surface area (Å²) in [4.78, 5) is 33.6. The fourth-order valence-electron chi connectivity index (χ4n) is 5.89. The highest BCUT2D eigenvalue weighted by atomic mass is 16.4. The van der Waals surface area contributed by atoms with E-state index in [-0.39, 0.29) is 5.56 Å². The van der Waals surface area contributed by atoms with Gasteiger partial charge in [-0.1, -0.05) is 6.07 Å². The van der Waals surface area contributed by atoms with Crippen molar-refractivity contribution in [1.29, 1.82) is 5.26 Å². The van der Waals surface area contributed by atoms with Crippen molar-refractivity contribution in [2.45, 2.75) is 19.3 Å². The van der Waals surface area contributed by atoms with E-state index in [1.807, 2.05) is 30.3 Å². The van der Waals surface area contributed by atoms with E-state index < -0.39 is 11.4 Å². The van der Waals surface area contributed by atoms with E-state index in [0.717, 1.165) is 56.5 Å². The van der Waals surface area contributed by atoms with E-state index in [0.29, 0.717) is 39.6 Å². The summed E-state index contributed by atoms with van der Waals surface area (Å²) < 4.78 is 7.78. The maximum atomic E-state index is 12.8. The third kappa shape index (κ3) is 3.72. The zero-order valence-corrected chi connectivity index (χ0v) is 20.6. The van der Waals surface area contributed by atoms with Gasteiger partial charge in [0.05, 0.1) is 16.9 Å². The number of nitriles is 1. The van der Waals surface area contributed by atoms with Gasteiger partial charge >= 0.3 is 5.97 Å². The molecule has 9 heteroatoms. The number of fused-ring (bicyclic) bond motifs is 2. The highest BCUT2D eigenvalue weighted by Gasteiger charge is 2.46. The molecule has 0 amide bonds. The van der Waals surface area contributed by atoms with E-state index in [1.165, 1.54) is 18.7 Å². The van der Waals surface area contributed by atoms with E-state index in [2.05, 4.69) is 20.9 Å². The number of pyridine rings is 1. The van der Waals surface area contributed by atoms with Gasteiger partial charge in [-0.05, 0) is 55.4 Å². The van der Waals surface area contributed by atoms with Crippen molar-refractivity contribution < 1.29 is 14.3 Å². The van der Waals surface area contributed by atoms with Crippen molar-refractivity contribution in [3.63, 3.8) is 0 Å². The molecule has 3 aliphatic rings. The van der Waals surface area contributed by atoms with Crippen LogP contribution in [0.3, 0.4) is 0 Å². The second-order valence-electron chi connectivity index (χ2n) is 10.5. The van der Waals surface area contributed by atoms with Crippen LogP contribution in [0.2, 0.25) is 0 Å². The molecule has 2 saturated heterocycles. The Morgan fingerprint density at radius 1 is 1.05 bits per heavy atom. The monoisotopic (exact) mass is 507 g/mol. The summed E-state index contributed by atoms with van der Waals surface area (Å²) in [6, 6.07) is 15.3. The van der Waals surface area contributed by atoms with Gasteiger partial charge in [0.25, 0.3) is 6.01 Å². The molecule has 2 aromatic carbocycles. The van der Waals surface area contributed by atoms with E-state index in [9.17, 15) is 20.0 Å². The molecular formula is C29H25N5O4. The van der Waals surface area contributed by atoms with E-state index in [4.69, 9.17) is 4.42 Å². The van der Waals surface area contributed by atoms with Gasteiger partial charge in [0.2, 0.25) is 0 Å². The van der Waals surface area contributed by atoms with Crippen LogP contribution in [0, 0.1) is 23.2 Å². The number of aromatic nitrogens is 2. The molecule has 7 rings (SSSR count). The first-order chi connectivity index (χ1) is 18.5. The summed E-state index contributed by atoms with van der Waals surface area (Å²) in [6.07, 6.45) is 4.81. The van der Waals surface area contributed by atoms with Gasteiger partial charge in [-0.2, -0.15) is 10.2 Å². The third-order valence-corrected chi connectivity index (χ3v) is 8.03. The number of anilines is 2. The van der Waals surface area contributed by atoms with E-state index >= 15 is 0 Å². The smallest absolute Gasteiger partial charge is 0.341 e. The number of carboxylic acid groups (broad SMARTS) is 1. The number of nitrogens with zero attached hydrogens (tertiary/aromatic N) is 5. The fraction of sp³-hybridized carbons (Fsp3) is 0.310. The van der Waals surface area contributed by atoms with Crippen molar-refractivity contribution in [3.8, 4) is 23.0 Å². The second-order valence-corrected chi connectivity index (χ2v) is 10.5. The molecule has 9 nitrogen and oxygen atoms in total. The fourth-order valence-corrected chi connectivity index (χ4v) is 5.89. The summed E-state index contributed by atoms with van der Waals surface area (Å²) in [6.45, 7) is 3.74. The van der Waals surface area contributed by atoms with Crippen LogP contribution in [0.5, 0.6) is 0 Å². The lowest BCUT2D eigenvalue weighted by Crippen LogP contribution is -2.21. The normalized spacial score (nSPS) is 20.1. The molecule has 0 radical (unpaired) electrons. The highest BCUT2D eigenvalue weighted by Crippen LogP contribution is 2.46. The van der Waals surface area contributed by atoms with Crippen LogP contribution in [0.25, 0.3) is 28.0 Å². The minimum absolute atomic E-state index is 0.336. The predicted octanol–water partition coefficient (Wildman–Crippen LogP) is 4.27. The second kappa shape index (κ2) is 8.48. The van der Waals surface area contributed by atoms with Crippen LogP contribution in [0.4, 0.5) is 11.7 Å². The number of hydrogen-bond donors (Lipinski definition) is 1. The van der Waals surface area contributed by atoms with Gasteiger partial charge in [0.1, 0.15) is 17.1 Å². The maximum absolute atomic E-state index is 12.8. The van der Waals surface area contributed by atoms with Crippen molar-refractivity contribution >= 4 is 28.8 Å². The molecule has 3 fully saturated rings. The minimum Gasteiger partial charge on any atom is -0.477 e. The maximum Gasteiger partial charge on any atom is 0.341 e. The highest BCUT2D eigenvalue weighted by molar-refractivity contribution is 5.88. The van der Waals surface area contributed by atoms with Gasteiger partial charge in [-0.3, -0.25) is 4.79 Å². The molecule has 2 atom stereocenters. The largest absolute Gasteiger partial charge is 0.477 e. The summed E-state index contributed by atoms with van der Waals surface area (Å²) in [5.74, 6) is 0.191. The molecule has 2 unspecified atom stereocenters. The number of aromatic carboxylic acids is 1. The van der Waals surface area contributed by atoms with Gasteiger partial charge in [0.15, 0.2) is 11.0 Å². The molecule has 0 spiro atoms. The minimum atomic E-state index is -1.30. The number of benzene rings is 2. The molecule has 0 bridgehead atoms. The Morgan fingerprint density at radius 2 is 1.84 bits per heavy atom. The Morgan fingerprint density at radius 3 is 2.58 bits per heavy atom. The van der Waals surface area contributed by atoms with Crippen molar-refractivity contribution in [3.05, 3.63) is 70.0 Å². The SMILES string of the molecule is N#Cc1cc(-c2cc(=O)c(C(=O)O)cn2-c2ccc3nc(N4CC5CC5C4)oc3c2)ccc1N1CCCC1. The summed E-state index contributed by atoms with van der Waals surface area (Å²) in [5.41, 5.74) is 3.53. The predicted molar refractivity (Wildman–Crippen MR) is 142 cm³/mol. The van der Waals surface area contributed by atoms with Crippen LogP contribution in [-0.4, -0.2) is 46.8 Å². The van der Waals surface area contributed by atoms with Crippen molar-refractivity contribution in [1.82, 2.24) is 9.55 Å². The van der Waals surface area contributed by atoms with E-state index in [1.54, 1.807) is 10.6 Å². The van der Waals surface area contributed by atoms with Crippen LogP contribution < -0.4 is 15.2 Å². The van der Waals surface area contributed by atoms with Crippen LogP contribution in [0.1, 0.15) is 35.2 Å². The Labute approximate surface area is 218 Å². The molecule has 190 valence electrons.